The zero-order chi connectivity index (χ0) is 11.0. The van der Waals surface area contributed by atoms with Crippen LogP contribution in [-0.2, 0) is 4.74 Å². The SMILES string of the molecule is Brc1ccc2ccc(OCC3CO3)cc2c1. The molecule has 3 rings (SSSR count). The highest BCUT2D eigenvalue weighted by molar-refractivity contribution is 9.10. The van der Waals surface area contributed by atoms with Crippen LogP contribution >= 0.6 is 15.9 Å². The molecule has 0 radical (unpaired) electrons. The minimum Gasteiger partial charge on any atom is -0.491 e. The lowest BCUT2D eigenvalue weighted by atomic mass is 10.1. The van der Waals surface area contributed by atoms with Crippen LogP contribution in [0.3, 0.4) is 0 Å². The molecule has 0 bridgehead atoms. The van der Waals surface area contributed by atoms with Crippen molar-refractivity contribution < 1.29 is 9.47 Å². The maximum atomic E-state index is 5.64. The number of epoxide rings is 1. The minimum atomic E-state index is 0.304. The van der Waals surface area contributed by atoms with Crippen molar-refractivity contribution >= 4 is 26.7 Å². The molecule has 2 nitrogen and oxygen atoms in total. The summed E-state index contributed by atoms with van der Waals surface area (Å²) in [7, 11) is 0. The Morgan fingerprint density at radius 1 is 1.19 bits per heavy atom. The molecular formula is C13H11BrO2. The van der Waals surface area contributed by atoms with Gasteiger partial charge in [-0.25, -0.2) is 0 Å². The summed E-state index contributed by atoms with van der Waals surface area (Å²) in [5.41, 5.74) is 0. The van der Waals surface area contributed by atoms with Crippen molar-refractivity contribution in [3.05, 3.63) is 40.9 Å². The highest BCUT2D eigenvalue weighted by Crippen LogP contribution is 2.24. The quantitative estimate of drug-likeness (QED) is 0.803. The van der Waals surface area contributed by atoms with Gasteiger partial charge in [0.1, 0.15) is 18.5 Å². The van der Waals surface area contributed by atoms with Gasteiger partial charge < -0.3 is 9.47 Å². The summed E-state index contributed by atoms with van der Waals surface area (Å²) in [5.74, 6) is 0.904. The van der Waals surface area contributed by atoms with Crippen molar-refractivity contribution in [2.45, 2.75) is 6.10 Å². The van der Waals surface area contributed by atoms with E-state index in [0.29, 0.717) is 12.7 Å². The van der Waals surface area contributed by atoms with Crippen molar-refractivity contribution in [3.63, 3.8) is 0 Å². The molecule has 0 N–H and O–H groups in total. The Bertz CT molecular complexity index is 520. The average Bonchev–Trinajstić information content (AvgIpc) is 3.09. The van der Waals surface area contributed by atoms with E-state index < -0.39 is 0 Å². The van der Waals surface area contributed by atoms with Gasteiger partial charge in [-0.1, -0.05) is 28.1 Å². The number of fused-ring (bicyclic) bond motifs is 1. The summed E-state index contributed by atoms with van der Waals surface area (Å²) in [6.45, 7) is 1.48. The molecule has 0 aromatic heterocycles. The molecular weight excluding hydrogens is 268 g/mol. The molecule has 0 saturated carbocycles. The Hall–Kier alpha value is -1.06. The molecule has 2 aromatic carbocycles. The molecule has 1 aliphatic rings. The van der Waals surface area contributed by atoms with E-state index in [2.05, 4.69) is 40.2 Å². The van der Waals surface area contributed by atoms with E-state index in [1.165, 1.54) is 10.8 Å². The summed E-state index contributed by atoms with van der Waals surface area (Å²) >= 11 is 3.47. The number of rotatable bonds is 3. The average molecular weight is 279 g/mol. The van der Waals surface area contributed by atoms with Crippen LogP contribution in [0.15, 0.2) is 40.9 Å². The van der Waals surface area contributed by atoms with Crippen LogP contribution in [0.2, 0.25) is 0 Å². The van der Waals surface area contributed by atoms with E-state index in [-0.39, 0.29) is 0 Å². The molecule has 1 saturated heterocycles. The number of hydrogen-bond acceptors (Lipinski definition) is 2. The lowest BCUT2D eigenvalue weighted by Gasteiger charge is -2.05. The molecule has 0 aliphatic carbocycles. The van der Waals surface area contributed by atoms with Crippen molar-refractivity contribution in [2.24, 2.45) is 0 Å². The molecule has 1 heterocycles. The largest absolute Gasteiger partial charge is 0.491 e. The third-order valence-corrected chi connectivity index (χ3v) is 3.11. The van der Waals surface area contributed by atoms with Gasteiger partial charge in [0.05, 0.1) is 6.61 Å². The first-order valence-electron chi connectivity index (χ1n) is 5.25. The molecule has 2 aromatic rings. The fourth-order valence-electron chi connectivity index (χ4n) is 1.64. The normalized spacial score (nSPS) is 18.7. The maximum Gasteiger partial charge on any atom is 0.120 e. The van der Waals surface area contributed by atoms with E-state index in [0.717, 1.165) is 16.8 Å². The minimum absolute atomic E-state index is 0.304. The van der Waals surface area contributed by atoms with Gasteiger partial charge in [0.2, 0.25) is 0 Å². The Labute approximate surface area is 102 Å². The first-order valence-corrected chi connectivity index (χ1v) is 6.04. The van der Waals surface area contributed by atoms with Crippen molar-refractivity contribution in [1.82, 2.24) is 0 Å². The molecule has 0 spiro atoms. The summed E-state index contributed by atoms with van der Waals surface area (Å²) in [5, 5.41) is 2.40. The van der Waals surface area contributed by atoms with Crippen LogP contribution in [0.25, 0.3) is 10.8 Å². The third-order valence-electron chi connectivity index (χ3n) is 2.61. The van der Waals surface area contributed by atoms with Crippen LogP contribution in [0, 0.1) is 0 Å². The number of ether oxygens (including phenoxy) is 2. The first-order chi connectivity index (χ1) is 7.81. The molecule has 1 atom stereocenters. The molecule has 16 heavy (non-hydrogen) atoms. The highest BCUT2D eigenvalue weighted by Gasteiger charge is 2.22. The van der Waals surface area contributed by atoms with Crippen molar-refractivity contribution in [2.75, 3.05) is 13.2 Å². The number of halogens is 1. The van der Waals surface area contributed by atoms with Crippen LogP contribution in [-0.4, -0.2) is 19.3 Å². The number of hydrogen-bond donors (Lipinski definition) is 0. The summed E-state index contributed by atoms with van der Waals surface area (Å²) in [6.07, 6.45) is 0.304. The second-order valence-corrected chi connectivity index (χ2v) is 4.84. The standard InChI is InChI=1S/C13H11BrO2/c14-11-3-1-9-2-4-12(6-10(9)5-11)15-7-13-8-16-13/h1-6,13H,7-8H2. The molecule has 3 heteroatoms. The van der Waals surface area contributed by atoms with Gasteiger partial charge in [-0.2, -0.15) is 0 Å². The van der Waals surface area contributed by atoms with Gasteiger partial charge in [0.15, 0.2) is 0 Å². The lowest BCUT2D eigenvalue weighted by molar-refractivity contribution is 0.263. The predicted molar refractivity (Wildman–Crippen MR) is 66.9 cm³/mol. The second kappa shape index (κ2) is 4.07. The molecule has 0 amide bonds. The Morgan fingerprint density at radius 2 is 2.00 bits per heavy atom. The van der Waals surface area contributed by atoms with Gasteiger partial charge >= 0.3 is 0 Å². The van der Waals surface area contributed by atoms with Crippen LogP contribution in [0.4, 0.5) is 0 Å². The van der Waals surface area contributed by atoms with E-state index >= 15 is 0 Å². The molecule has 1 fully saturated rings. The zero-order valence-corrected chi connectivity index (χ0v) is 10.2. The molecule has 82 valence electrons. The van der Waals surface area contributed by atoms with E-state index in [4.69, 9.17) is 9.47 Å². The Balaban J connectivity index is 1.87. The van der Waals surface area contributed by atoms with Crippen LogP contribution in [0.5, 0.6) is 5.75 Å². The van der Waals surface area contributed by atoms with E-state index in [1.807, 2.05) is 12.1 Å². The van der Waals surface area contributed by atoms with Gasteiger partial charge in [-0.3, -0.25) is 0 Å². The van der Waals surface area contributed by atoms with Crippen molar-refractivity contribution in [1.29, 1.82) is 0 Å². The van der Waals surface area contributed by atoms with E-state index in [9.17, 15) is 0 Å². The monoisotopic (exact) mass is 278 g/mol. The zero-order valence-electron chi connectivity index (χ0n) is 8.65. The Morgan fingerprint density at radius 3 is 2.81 bits per heavy atom. The summed E-state index contributed by atoms with van der Waals surface area (Å²) in [6, 6.07) is 12.4. The first kappa shape index (κ1) is 10.1. The molecule has 1 aliphatic heterocycles. The second-order valence-electron chi connectivity index (χ2n) is 3.92. The fraction of sp³-hybridized carbons (Fsp3) is 0.231. The molecule has 1 unspecified atom stereocenters. The maximum absolute atomic E-state index is 5.64. The van der Waals surface area contributed by atoms with Gasteiger partial charge in [-0.05, 0) is 35.0 Å². The van der Waals surface area contributed by atoms with Crippen LogP contribution < -0.4 is 4.74 Å². The van der Waals surface area contributed by atoms with Gasteiger partial charge in [0.25, 0.3) is 0 Å². The van der Waals surface area contributed by atoms with Gasteiger partial charge in [-0.15, -0.1) is 0 Å². The third kappa shape index (κ3) is 2.20. The predicted octanol–water partition coefficient (Wildman–Crippen LogP) is 3.38. The van der Waals surface area contributed by atoms with Crippen LogP contribution in [0.1, 0.15) is 0 Å². The summed E-state index contributed by atoms with van der Waals surface area (Å²) < 4.78 is 11.8. The highest BCUT2D eigenvalue weighted by atomic mass is 79.9. The number of benzene rings is 2. The smallest absolute Gasteiger partial charge is 0.120 e. The fourth-order valence-corrected chi connectivity index (χ4v) is 2.02. The summed E-state index contributed by atoms with van der Waals surface area (Å²) in [4.78, 5) is 0. The Kier molecular flexibility index (Phi) is 2.58. The topological polar surface area (TPSA) is 21.8 Å². The van der Waals surface area contributed by atoms with Crippen molar-refractivity contribution in [3.8, 4) is 5.75 Å². The van der Waals surface area contributed by atoms with E-state index in [1.54, 1.807) is 0 Å². The van der Waals surface area contributed by atoms with Gasteiger partial charge in [0, 0.05) is 4.47 Å². The lowest BCUT2D eigenvalue weighted by Crippen LogP contribution is -2.03.